The first-order valence-electron chi connectivity index (χ1n) is 4.78. The topological polar surface area (TPSA) is 41.1 Å². The minimum Gasteiger partial charge on any atom is -0.352 e. The highest BCUT2D eigenvalue weighted by Gasteiger charge is 2.53. The number of piperidine rings is 1. The van der Waals surface area contributed by atoms with Gasteiger partial charge in [-0.1, -0.05) is 0 Å². The quantitative estimate of drug-likeness (QED) is 0.750. The number of fused-ring (bicyclic) bond motifs is 1. The van der Waals surface area contributed by atoms with Gasteiger partial charge in [-0.25, -0.2) is 0 Å². The molecule has 1 heterocycles. The van der Waals surface area contributed by atoms with Crippen molar-refractivity contribution in [1.29, 1.82) is 0 Å². The Balaban J connectivity index is 0.000000980. The Bertz CT molecular complexity index is 217. The molecule has 5 heteroatoms. The van der Waals surface area contributed by atoms with Gasteiger partial charge in [0.05, 0.1) is 5.25 Å². The first kappa shape index (κ1) is 12.1. The first-order chi connectivity index (χ1) is 6.24. The number of carbonyl (C=O) groups is 1. The molecule has 2 N–H and O–H groups in total. The summed E-state index contributed by atoms with van der Waals surface area (Å²) in [4.78, 5) is 11.5. The molecule has 2 fully saturated rings. The predicted octanol–water partition coefficient (Wildman–Crippen LogP) is 0.494. The number of hydrogen-bond acceptors (Lipinski definition) is 3. The zero-order valence-electron chi connectivity index (χ0n) is 8.45. The zero-order valence-corrected chi connectivity index (χ0v) is 10.1. The average molecular weight is 237 g/mol. The molecule has 3 nitrogen and oxygen atoms in total. The van der Waals surface area contributed by atoms with E-state index < -0.39 is 0 Å². The Hall–Kier alpha value is 0.0700. The molecule has 14 heavy (non-hydrogen) atoms. The molecule has 0 radical (unpaired) electrons. The molecule has 1 amide bonds. The Kier molecular flexibility index (Phi) is 4.10. The summed E-state index contributed by atoms with van der Waals surface area (Å²) in [6, 6.07) is 0.475. The molecule has 1 aliphatic carbocycles. The van der Waals surface area contributed by atoms with Gasteiger partial charge in [0.25, 0.3) is 0 Å². The van der Waals surface area contributed by atoms with Crippen molar-refractivity contribution >= 4 is 30.1 Å². The number of thioether (sulfide) groups is 1. The number of carbonyl (C=O) groups excluding carboxylic acids is 1. The van der Waals surface area contributed by atoms with Crippen molar-refractivity contribution < 1.29 is 4.79 Å². The van der Waals surface area contributed by atoms with Crippen molar-refractivity contribution in [2.24, 2.45) is 11.8 Å². The molecule has 4 atom stereocenters. The summed E-state index contributed by atoms with van der Waals surface area (Å²) in [7, 11) is 0. The predicted molar refractivity (Wildman–Crippen MR) is 62.0 cm³/mol. The van der Waals surface area contributed by atoms with Gasteiger partial charge in [-0.15, -0.1) is 12.4 Å². The molecule has 82 valence electrons. The fourth-order valence-corrected chi connectivity index (χ4v) is 2.30. The van der Waals surface area contributed by atoms with E-state index in [-0.39, 0.29) is 23.6 Å². The number of halogens is 1. The van der Waals surface area contributed by atoms with Gasteiger partial charge < -0.3 is 10.6 Å². The largest absolute Gasteiger partial charge is 0.352 e. The molecular formula is C9H17ClN2OS. The first-order valence-corrected chi connectivity index (χ1v) is 6.06. The second-order valence-electron chi connectivity index (χ2n) is 3.90. The third kappa shape index (κ3) is 2.18. The molecule has 0 spiro atoms. The van der Waals surface area contributed by atoms with Crippen LogP contribution in [0, 0.1) is 11.8 Å². The normalized spacial score (nSPS) is 35.4. The van der Waals surface area contributed by atoms with Crippen LogP contribution in [0.25, 0.3) is 0 Å². The summed E-state index contributed by atoms with van der Waals surface area (Å²) in [6.45, 7) is 4.13. The highest BCUT2D eigenvalue weighted by Crippen LogP contribution is 2.41. The highest BCUT2D eigenvalue weighted by molar-refractivity contribution is 7.99. The maximum Gasteiger partial charge on any atom is 0.233 e. The van der Waals surface area contributed by atoms with E-state index in [9.17, 15) is 4.79 Å². The van der Waals surface area contributed by atoms with Crippen molar-refractivity contribution in [2.75, 3.05) is 19.3 Å². The number of hydrogen-bond donors (Lipinski definition) is 2. The van der Waals surface area contributed by atoms with Crippen molar-refractivity contribution in [1.82, 2.24) is 10.6 Å². The second-order valence-corrected chi connectivity index (χ2v) is 5.08. The van der Waals surface area contributed by atoms with Gasteiger partial charge in [0.1, 0.15) is 0 Å². The van der Waals surface area contributed by atoms with Gasteiger partial charge in [0.15, 0.2) is 0 Å². The maximum atomic E-state index is 11.5. The Morgan fingerprint density at radius 1 is 1.50 bits per heavy atom. The van der Waals surface area contributed by atoms with Crippen molar-refractivity contribution in [3.05, 3.63) is 0 Å². The number of amides is 1. The third-order valence-electron chi connectivity index (χ3n) is 3.12. The lowest BCUT2D eigenvalue weighted by Crippen LogP contribution is -2.36. The summed E-state index contributed by atoms with van der Waals surface area (Å²) in [5, 5.41) is 6.51. The van der Waals surface area contributed by atoms with E-state index in [1.807, 2.05) is 13.2 Å². The standard InChI is InChI=1S/C9H16N2OS.ClH/c1-5(13-2)9(12)11-8-6-3-10-4-7(6)8;/h5-8,10H,3-4H2,1-2H3,(H,11,12);1H/t5?,6-,7+,8?;. The number of rotatable bonds is 3. The Labute approximate surface area is 95.2 Å². The minimum absolute atomic E-state index is 0. The molecular weight excluding hydrogens is 220 g/mol. The fraction of sp³-hybridized carbons (Fsp3) is 0.889. The Morgan fingerprint density at radius 3 is 2.57 bits per heavy atom. The maximum absolute atomic E-state index is 11.5. The van der Waals surface area contributed by atoms with Crippen LogP contribution in [0.15, 0.2) is 0 Å². The lowest BCUT2D eigenvalue weighted by Gasteiger charge is -2.11. The van der Waals surface area contributed by atoms with Crippen LogP contribution < -0.4 is 10.6 Å². The lowest BCUT2D eigenvalue weighted by atomic mass is 10.4. The van der Waals surface area contributed by atoms with E-state index in [0.29, 0.717) is 6.04 Å². The molecule has 0 bridgehead atoms. The zero-order chi connectivity index (χ0) is 9.42. The van der Waals surface area contributed by atoms with Crippen LogP contribution in [0.1, 0.15) is 6.92 Å². The molecule has 0 aromatic rings. The van der Waals surface area contributed by atoms with E-state index in [0.717, 1.165) is 24.9 Å². The molecule has 1 saturated heterocycles. The van der Waals surface area contributed by atoms with Gasteiger partial charge in [0.2, 0.25) is 5.91 Å². The summed E-state index contributed by atoms with van der Waals surface area (Å²) < 4.78 is 0. The smallest absolute Gasteiger partial charge is 0.233 e. The minimum atomic E-state index is 0. The van der Waals surface area contributed by atoms with Crippen LogP contribution in [0.2, 0.25) is 0 Å². The van der Waals surface area contributed by atoms with E-state index in [4.69, 9.17) is 0 Å². The van der Waals surface area contributed by atoms with Crippen LogP contribution in [-0.2, 0) is 4.79 Å². The van der Waals surface area contributed by atoms with Crippen molar-refractivity contribution in [3.63, 3.8) is 0 Å². The van der Waals surface area contributed by atoms with E-state index >= 15 is 0 Å². The van der Waals surface area contributed by atoms with Crippen LogP contribution in [0.4, 0.5) is 0 Å². The average Bonchev–Trinajstić information content (AvgIpc) is 2.63. The molecule has 1 saturated carbocycles. The molecule has 0 aromatic heterocycles. The molecule has 2 unspecified atom stereocenters. The Morgan fingerprint density at radius 2 is 2.07 bits per heavy atom. The van der Waals surface area contributed by atoms with Gasteiger partial charge in [0, 0.05) is 19.1 Å². The monoisotopic (exact) mass is 236 g/mol. The van der Waals surface area contributed by atoms with E-state index in [2.05, 4.69) is 10.6 Å². The summed E-state index contributed by atoms with van der Waals surface area (Å²) in [6.07, 6.45) is 1.97. The fourth-order valence-electron chi connectivity index (χ4n) is 2.02. The van der Waals surface area contributed by atoms with Crippen molar-refractivity contribution in [2.45, 2.75) is 18.2 Å². The van der Waals surface area contributed by atoms with E-state index in [1.165, 1.54) is 0 Å². The second kappa shape index (κ2) is 4.73. The SMILES string of the molecule is CSC(C)C(=O)NC1[C@H]2CNC[C@@H]12.Cl. The van der Waals surface area contributed by atoms with Gasteiger partial charge in [-0.05, 0) is 25.0 Å². The van der Waals surface area contributed by atoms with Crippen LogP contribution >= 0.6 is 24.2 Å². The van der Waals surface area contributed by atoms with Gasteiger partial charge in [-0.2, -0.15) is 11.8 Å². The molecule has 2 rings (SSSR count). The molecule has 0 aromatic carbocycles. The summed E-state index contributed by atoms with van der Waals surface area (Å²) >= 11 is 1.60. The van der Waals surface area contributed by atoms with Crippen LogP contribution in [0.3, 0.4) is 0 Å². The summed E-state index contributed by atoms with van der Waals surface area (Å²) in [5.41, 5.74) is 0. The van der Waals surface area contributed by atoms with Gasteiger partial charge in [-0.3, -0.25) is 4.79 Å². The number of nitrogens with one attached hydrogen (secondary N) is 2. The summed E-state index contributed by atoms with van der Waals surface area (Å²) in [5.74, 6) is 1.64. The third-order valence-corrected chi connectivity index (χ3v) is 4.04. The molecule has 1 aliphatic heterocycles. The molecule has 2 aliphatic rings. The van der Waals surface area contributed by atoms with Gasteiger partial charge >= 0.3 is 0 Å². The van der Waals surface area contributed by atoms with E-state index in [1.54, 1.807) is 11.8 Å². The highest BCUT2D eigenvalue weighted by atomic mass is 35.5. The van der Waals surface area contributed by atoms with Crippen LogP contribution in [-0.4, -0.2) is 36.5 Å². The van der Waals surface area contributed by atoms with Crippen LogP contribution in [0.5, 0.6) is 0 Å². The van der Waals surface area contributed by atoms with Crippen molar-refractivity contribution in [3.8, 4) is 0 Å². The lowest BCUT2D eigenvalue weighted by molar-refractivity contribution is -0.120.